The first-order valence-corrected chi connectivity index (χ1v) is 9.20. The van der Waals surface area contributed by atoms with Crippen molar-refractivity contribution in [2.45, 2.75) is 19.5 Å². The largest absolute Gasteiger partial charge is 0.481 e. The number of carbonyl (C=O) groups is 1. The minimum absolute atomic E-state index is 0.0398. The Hall–Kier alpha value is -3.03. The Morgan fingerprint density at radius 1 is 1.31 bits per heavy atom. The molecule has 1 fully saturated rings. The molecule has 8 heteroatoms. The molecule has 0 saturated carbocycles. The third-order valence-electron chi connectivity index (χ3n) is 4.85. The number of amides is 2. The van der Waals surface area contributed by atoms with Gasteiger partial charge in [0.2, 0.25) is 5.88 Å². The summed E-state index contributed by atoms with van der Waals surface area (Å²) in [5.41, 5.74) is 1.45. The first kappa shape index (κ1) is 20.7. The fourth-order valence-corrected chi connectivity index (χ4v) is 3.24. The first-order chi connectivity index (χ1) is 13.8. The normalized spacial score (nSPS) is 18.6. The number of pyridine rings is 1. The number of halogens is 3. The summed E-state index contributed by atoms with van der Waals surface area (Å²) in [6.07, 6.45) is -0.449. The van der Waals surface area contributed by atoms with Crippen LogP contribution in [0.25, 0.3) is 6.08 Å². The van der Waals surface area contributed by atoms with Gasteiger partial charge in [0.15, 0.2) is 0 Å². The molecule has 1 aliphatic rings. The standard InChI is InChI=1S/C21H22F3N3O2/c1-14-13-27(20(28)26-18-6-7-19(29-2)25-12-18)9-8-16(14)10-15-4-3-5-17(11-15)21(22,23)24/h3-7,10-12,14H,8-9,13H2,1-2H3,(H,26,28). The number of methoxy groups -OCH3 is 1. The topological polar surface area (TPSA) is 54.5 Å². The van der Waals surface area contributed by atoms with Crippen molar-refractivity contribution in [3.8, 4) is 5.88 Å². The van der Waals surface area contributed by atoms with Gasteiger partial charge in [0.1, 0.15) is 0 Å². The lowest BCUT2D eigenvalue weighted by atomic mass is 9.91. The van der Waals surface area contributed by atoms with Crippen molar-refractivity contribution >= 4 is 17.8 Å². The predicted molar refractivity (Wildman–Crippen MR) is 105 cm³/mol. The smallest absolute Gasteiger partial charge is 0.416 e. The number of nitrogens with one attached hydrogen (secondary N) is 1. The van der Waals surface area contributed by atoms with Crippen LogP contribution < -0.4 is 10.1 Å². The van der Waals surface area contributed by atoms with Gasteiger partial charge in [-0.05, 0) is 36.1 Å². The van der Waals surface area contributed by atoms with Crippen LogP contribution in [-0.2, 0) is 6.18 Å². The van der Waals surface area contributed by atoms with Crippen LogP contribution in [0.2, 0.25) is 0 Å². The first-order valence-electron chi connectivity index (χ1n) is 9.20. The highest BCUT2D eigenvalue weighted by Gasteiger charge is 2.30. The molecule has 1 saturated heterocycles. The van der Waals surface area contributed by atoms with Crippen molar-refractivity contribution in [2.75, 3.05) is 25.5 Å². The fourth-order valence-electron chi connectivity index (χ4n) is 3.24. The minimum Gasteiger partial charge on any atom is -0.481 e. The van der Waals surface area contributed by atoms with E-state index in [0.717, 1.165) is 17.7 Å². The van der Waals surface area contributed by atoms with Crippen LogP contribution in [0.3, 0.4) is 0 Å². The zero-order chi connectivity index (χ0) is 21.0. The molecule has 1 aromatic heterocycles. The number of hydrogen-bond donors (Lipinski definition) is 1. The monoisotopic (exact) mass is 405 g/mol. The lowest BCUT2D eigenvalue weighted by Crippen LogP contribution is -2.42. The van der Waals surface area contributed by atoms with Crippen molar-refractivity contribution < 1.29 is 22.7 Å². The molecule has 5 nitrogen and oxygen atoms in total. The van der Waals surface area contributed by atoms with E-state index in [2.05, 4.69) is 10.3 Å². The molecule has 3 rings (SSSR count). The number of alkyl halides is 3. The summed E-state index contributed by atoms with van der Waals surface area (Å²) in [4.78, 5) is 18.2. The second-order valence-electron chi connectivity index (χ2n) is 6.96. The molecule has 29 heavy (non-hydrogen) atoms. The van der Waals surface area contributed by atoms with Gasteiger partial charge in [-0.25, -0.2) is 9.78 Å². The van der Waals surface area contributed by atoms with Crippen LogP contribution in [-0.4, -0.2) is 36.1 Å². The van der Waals surface area contributed by atoms with Gasteiger partial charge in [0.05, 0.1) is 24.6 Å². The van der Waals surface area contributed by atoms with Crippen LogP contribution >= 0.6 is 0 Å². The van der Waals surface area contributed by atoms with Crippen LogP contribution in [0.1, 0.15) is 24.5 Å². The van der Waals surface area contributed by atoms with Gasteiger partial charge in [-0.3, -0.25) is 0 Å². The molecule has 1 N–H and O–H groups in total. The number of anilines is 1. The molecule has 0 bridgehead atoms. The molecule has 0 aliphatic carbocycles. The number of rotatable bonds is 3. The highest BCUT2D eigenvalue weighted by Crippen LogP contribution is 2.31. The van der Waals surface area contributed by atoms with E-state index < -0.39 is 11.7 Å². The maximum absolute atomic E-state index is 12.9. The zero-order valence-electron chi connectivity index (χ0n) is 16.2. The molecule has 0 spiro atoms. The minimum atomic E-state index is -4.36. The van der Waals surface area contributed by atoms with Gasteiger partial charge >= 0.3 is 12.2 Å². The van der Waals surface area contributed by atoms with Crippen LogP contribution in [0.5, 0.6) is 5.88 Å². The third-order valence-corrected chi connectivity index (χ3v) is 4.85. The van der Waals surface area contributed by atoms with E-state index in [4.69, 9.17) is 4.74 Å². The SMILES string of the molecule is COc1ccc(NC(=O)N2CCC(=Cc3cccc(C(F)(F)F)c3)C(C)C2)cn1. The van der Waals surface area contributed by atoms with E-state index in [1.165, 1.54) is 19.4 Å². The van der Waals surface area contributed by atoms with Gasteiger partial charge in [0.25, 0.3) is 0 Å². The lowest BCUT2D eigenvalue weighted by Gasteiger charge is -2.33. The number of urea groups is 1. The summed E-state index contributed by atoms with van der Waals surface area (Å²) >= 11 is 0. The van der Waals surface area contributed by atoms with Crippen LogP contribution in [0, 0.1) is 5.92 Å². The average molecular weight is 405 g/mol. The molecule has 2 amide bonds. The van der Waals surface area contributed by atoms with E-state index in [1.807, 2.05) is 6.92 Å². The molecule has 1 aliphatic heterocycles. The second kappa shape index (κ2) is 8.55. The van der Waals surface area contributed by atoms with Gasteiger partial charge in [-0.1, -0.05) is 30.7 Å². The number of likely N-dealkylation sites (tertiary alicyclic amines) is 1. The summed E-state index contributed by atoms with van der Waals surface area (Å²) in [6, 6.07) is 8.40. The summed E-state index contributed by atoms with van der Waals surface area (Å²) in [6.45, 7) is 2.94. The van der Waals surface area contributed by atoms with Gasteiger partial charge in [-0.15, -0.1) is 0 Å². The second-order valence-corrected chi connectivity index (χ2v) is 6.96. The fraction of sp³-hybridized carbons (Fsp3) is 0.333. The van der Waals surface area contributed by atoms with Crippen molar-refractivity contribution in [1.29, 1.82) is 0 Å². The molecule has 2 heterocycles. The maximum Gasteiger partial charge on any atom is 0.416 e. The molecule has 0 radical (unpaired) electrons. The molecule has 2 aromatic rings. The number of hydrogen-bond acceptors (Lipinski definition) is 3. The van der Waals surface area contributed by atoms with E-state index in [9.17, 15) is 18.0 Å². The molecule has 154 valence electrons. The Kier molecular flexibility index (Phi) is 6.10. The summed E-state index contributed by atoms with van der Waals surface area (Å²) in [5.74, 6) is 0.497. The summed E-state index contributed by atoms with van der Waals surface area (Å²) in [7, 11) is 1.51. The number of ether oxygens (including phenoxy) is 1. The molecule has 1 unspecified atom stereocenters. The Morgan fingerprint density at radius 3 is 2.72 bits per heavy atom. The molecular weight excluding hydrogens is 383 g/mol. The third kappa shape index (κ3) is 5.28. The van der Waals surface area contributed by atoms with Crippen molar-refractivity contribution in [3.05, 3.63) is 59.3 Å². The van der Waals surface area contributed by atoms with Gasteiger partial charge < -0.3 is 15.0 Å². The quantitative estimate of drug-likeness (QED) is 0.776. The Balaban J connectivity index is 1.64. The number of piperidine rings is 1. The molecule has 1 atom stereocenters. The van der Waals surface area contributed by atoms with Crippen LogP contribution in [0.4, 0.5) is 23.7 Å². The van der Waals surface area contributed by atoms with E-state index in [1.54, 1.807) is 29.2 Å². The predicted octanol–water partition coefficient (Wildman–Crippen LogP) is 5.07. The van der Waals surface area contributed by atoms with Gasteiger partial charge in [0, 0.05) is 19.2 Å². The van der Waals surface area contributed by atoms with E-state index in [-0.39, 0.29) is 11.9 Å². The molecule has 1 aromatic carbocycles. The Labute approximate surface area is 167 Å². The summed E-state index contributed by atoms with van der Waals surface area (Å²) in [5, 5.41) is 2.80. The van der Waals surface area contributed by atoms with Crippen molar-refractivity contribution in [2.24, 2.45) is 5.92 Å². The highest BCUT2D eigenvalue weighted by atomic mass is 19.4. The number of aromatic nitrogens is 1. The average Bonchev–Trinajstić information content (AvgIpc) is 2.69. The molecular formula is C21H22F3N3O2. The van der Waals surface area contributed by atoms with E-state index in [0.29, 0.717) is 36.6 Å². The van der Waals surface area contributed by atoms with Gasteiger partial charge in [-0.2, -0.15) is 13.2 Å². The Morgan fingerprint density at radius 2 is 2.10 bits per heavy atom. The van der Waals surface area contributed by atoms with Crippen LogP contribution in [0.15, 0.2) is 48.2 Å². The summed E-state index contributed by atoms with van der Waals surface area (Å²) < 4.78 is 43.7. The Bertz CT molecular complexity index is 895. The zero-order valence-corrected chi connectivity index (χ0v) is 16.2. The highest BCUT2D eigenvalue weighted by molar-refractivity contribution is 5.89. The number of benzene rings is 1. The number of carbonyl (C=O) groups excluding carboxylic acids is 1. The van der Waals surface area contributed by atoms with Crippen molar-refractivity contribution in [1.82, 2.24) is 9.88 Å². The lowest BCUT2D eigenvalue weighted by molar-refractivity contribution is -0.137. The van der Waals surface area contributed by atoms with Crippen molar-refractivity contribution in [3.63, 3.8) is 0 Å². The maximum atomic E-state index is 12.9. The number of nitrogens with zero attached hydrogens (tertiary/aromatic N) is 2. The van der Waals surface area contributed by atoms with E-state index >= 15 is 0 Å².